The maximum atomic E-state index is 3.58. The van der Waals surface area contributed by atoms with Gasteiger partial charge in [-0.25, -0.2) is 0 Å². The predicted molar refractivity (Wildman–Crippen MR) is 43.4 cm³/mol. The van der Waals surface area contributed by atoms with E-state index in [1.165, 1.54) is 32.4 Å². The van der Waals surface area contributed by atoms with Crippen LogP contribution in [0.25, 0.3) is 0 Å². The minimum Gasteiger partial charge on any atom is -0.377 e. The number of hydrogen-bond acceptors (Lipinski definition) is 1. The molecule has 1 fully saturated rings. The van der Waals surface area contributed by atoms with Crippen LogP contribution in [0.3, 0.4) is 0 Å². The van der Waals surface area contributed by atoms with Crippen LogP contribution < -0.4 is 0 Å². The Morgan fingerprint density at radius 3 is 2.50 bits per heavy atom. The molecule has 0 N–H and O–H groups in total. The molecule has 0 amide bonds. The smallest absolute Gasteiger partial charge is 0.0172 e. The molecule has 0 atom stereocenters. The molecule has 1 heteroatoms. The molecule has 1 aliphatic heterocycles. The van der Waals surface area contributed by atoms with Gasteiger partial charge < -0.3 is 4.90 Å². The van der Waals surface area contributed by atoms with Crippen LogP contribution in [0.1, 0.15) is 19.3 Å². The minimum atomic E-state index is 1.20. The zero-order chi connectivity index (χ0) is 7.23. The van der Waals surface area contributed by atoms with E-state index >= 15 is 0 Å². The Balaban J connectivity index is 2.25. The fourth-order valence-electron chi connectivity index (χ4n) is 1.21. The second-order valence-electron chi connectivity index (χ2n) is 2.60. The Morgan fingerprint density at radius 2 is 1.90 bits per heavy atom. The summed E-state index contributed by atoms with van der Waals surface area (Å²) in [6, 6.07) is 0. The molecule has 0 saturated carbocycles. The molecular weight excluding hydrogens is 122 g/mol. The fourth-order valence-corrected chi connectivity index (χ4v) is 1.21. The quantitative estimate of drug-likeness (QED) is 0.525. The van der Waals surface area contributed by atoms with Crippen molar-refractivity contribution in [2.24, 2.45) is 0 Å². The molecule has 0 bridgehead atoms. The van der Waals surface area contributed by atoms with Gasteiger partial charge >= 0.3 is 0 Å². The molecule has 1 radical (unpaired) electrons. The monoisotopic (exact) mass is 136 g/mol. The average molecular weight is 136 g/mol. The first-order valence-corrected chi connectivity index (χ1v) is 3.88. The Hall–Kier alpha value is -0.720. The third-order valence-corrected chi connectivity index (χ3v) is 1.77. The second kappa shape index (κ2) is 4.15. The Morgan fingerprint density at radius 1 is 1.20 bits per heavy atom. The van der Waals surface area contributed by atoms with E-state index in [1.54, 1.807) is 6.08 Å². The molecule has 0 spiro atoms. The molecule has 1 aliphatic rings. The molecule has 1 nitrogen and oxygen atoms in total. The van der Waals surface area contributed by atoms with Crippen molar-refractivity contribution in [3.8, 4) is 0 Å². The first kappa shape index (κ1) is 7.39. The molecule has 55 valence electrons. The van der Waals surface area contributed by atoms with E-state index in [4.69, 9.17) is 0 Å². The topological polar surface area (TPSA) is 3.24 Å². The lowest BCUT2D eigenvalue weighted by molar-refractivity contribution is 0.309. The molecule has 1 rings (SSSR count). The average Bonchev–Trinajstić information content (AvgIpc) is 2.03. The SMILES string of the molecule is C=C[C]=CN1CCCCC1. The summed E-state index contributed by atoms with van der Waals surface area (Å²) in [5.74, 6) is 0. The van der Waals surface area contributed by atoms with E-state index in [1.807, 2.05) is 6.20 Å². The van der Waals surface area contributed by atoms with Crippen molar-refractivity contribution < 1.29 is 0 Å². The number of hydrogen-bond donors (Lipinski definition) is 0. The van der Waals surface area contributed by atoms with Crippen molar-refractivity contribution >= 4 is 0 Å². The van der Waals surface area contributed by atoms with Crippen molar-refractivity contribution in [1.29, 1.82) is 0 Å². The fraction of sp³-hybridized carbons (Fsp3) is 0.556. The summed E-state index contributed by atoms with van der Waals surface area (Å²) in [7, 11) is 0. The van der Waals surface area contributed by atoms with Gasteiger partial charge in [-0.2, -0.15) is 0 Å². The Labute approximate surface area is 63.0 Å². The predicted octanol–water partition coefficient (Wildman–Crippen LogP) is 1.98. The third-order valence-electron chi connectivity index (χ3n) is 1.77. The van der Waals surface area contributed by atoms with Crippen LogP contribution in [0.2, 0.25) is 0 Å². The van der Waals surface area contributed by atoms with Crippen LogP contribution in [0, 0.1) is 6.08 Å². The summed E-state index contributed by atoms with van der Waals surface area (Å²) in [5.41, 5.74) is 0. The Kier molecular flexibility index (Phi) is 3.07. The maximum Gasteiger partial charge on any atom is 0.0172 e. The van der Waals surface area contributed by atoms with Crippen LogP contribution in [0.4, 0.5) is 0 Å². The standard InChI is InChI=1S/C9H14N/c1-2-3-7-10-8-5-4-6-9-10/h2,7H,1,4-6,8-9H2. The van der Waals surface area contributed by atoms with E-state index in [2.05, 4.69) is 17.6 Å². The van der Waals surface area contributed by atoms with E-state index in [0.717, 1.165) is 0 Å². The van der Waals surface area contributed by atoms with Crippen LogP contribution in [-0.4, -0.2) is 18.0 Å². The number of piperidine rings is 1. The van der Waals surface area contributed by atoms with Gasteiger partial charge in [-0.3, -0.25) is 0 Å². The molecule has 0 aromatic carbocycles. The summed E-state index contributed by atoms with van der Waals surface area (Å²) >= 11 is 0. The number of likely N-dealkylation sites (tertiary alicyclic amines) is 1. The number of allylic oxidation sites excluding steroid dienone is 2. The van der Waals surface area contributed by atoms with Crippen LogP contribution in [-0.2, 0) is 0 Å². The first-order chi connectivity index (χ1) is 4.93. The van der Waals surface area contributed by atoms with E-state index in [0.29, 0.717) is 0 Å². The summed E-state index contributed by atoms with van der Waals surface area (Å²) in [6.45, 7) is 5.97. The number of rotatable bonds is 2. The van der Waals surface area contributed by atoms with E-state index < -0.39 is 0 Å². The molecule has 0 aromatic heterocycles. The van der Waals surface area contributed by atoms with Crippen molar-refractivity contribution in [3.05, 3.63) is 24.9 Å². The lowest BCUT2D eigenvalue weighted by Crippen LogP contribution is -2.23. The van der Waals surface area contributed by atoms with Crippen LogP contribution in [0.5, 0.6) is 0 Å². The molecule has 10 heavy (non-hydrogen) atoms. The highest BCUT2D eigenvalue weighted by Gasteiger charge is 2.03. The first-order valence-electron chi connectivity index (χ1n) is 3.88. The van der Waals surface area contributed by atoms with Crippen LogP contribution in [0.15, 0.2) is 18.9 Å². The van der Waals surface area contributed by atoms with Gasteiger partial charge in [0.15, 0.2) is 0 Å². The van der Waals surface area contributed by atoms with E-state index in [9.17, 15) is 0 Å². The highest BCUT2D eigenvalue weighted by molar-refractivity contribution is 4.89. The highest BCUT2D eigenvalue weighted by Crippen LogP contribution is 2.07. The molecule has 0 aliphatic carbocycles. The highest BCUT2D eigenvalue weighted by atomic mass is 15.1. The third kappa shape index (κ3) is 2.26. The van der Waals surface area contributed by atoms with Gasteiger partial charge in [-0.15, -0.1) is 0 Å². The van der Waals surface area contributed by atoms with Gasteiger partial charge in [0.2, 0.25) is 0 Å². The molecule has 1 heterocycles. The van der Waals surface area contributed by atoms with Gasteiger partial charge in [0.1, 0.15) is 0 Å². The van der Waals surface area contributed by atoms with Crippen molar-refractivity contribution in [1.82, 2.24) is 4.90 Å². The van der Waals surface area contributed by atoms with Gasteiger partial charge in [0.05, 0.1) is 0 Å². The van der Waals surface area contributed by atoms with Gasteiger partial charge in [0, 0.05) is 19.3 Å². The zero-order valence-corrected chi connectivity index (χ0v) is 6.34. The van der Waals surface area contributed by atoms with Gasteiger partial charge in [-0.1, -0.05) is 12.7 Å². The maximum absolute atomic E-state index is 3.58. The van der Waals surface area contributed by atoms with Crippen molar-refractivity contribution in [2.75, 3.05) is 13.1 Å². The normalized spacial score (nSPS) is 19.8. The molecular formula is C9H14N. The lowest BCUT2D eigenvalue weighted by Gasteiger charge is -2.24. The summed E-state index contributed by atoms with van der Waals surface area (Å²) < 4.78 is 0. The van der Waals surface area contributed by atoms with Crippen molar-refractivity contribution in [2.45, 2.75) is 19.3 Å². The van der Waals surface area contributed by atoms with E-state index in [-0.39, 0.29) is 0 Å². The van der Waals surface area contributed by atoms with Crippen molar-refractivity contribution in [3.63, 3.8) is 0 Å². The molecule has 1 saturated heterocycles. The zero-order valence-electron chi connectivity index (χ0n) is 6.34. The summed E-state index contributed by atoms with van der Waals surface area (Å²) in [4.78, 5) is 2.30. The Bertz CT molecular complexity index is 121. The molecule has 0 unspecified atom stereocenters. The van der Waals surface area contributed by atoms with Gasteiger partial charge in [0.25, 0.3) is 0 Å². The minimum absolute atomic E-state index is 1.20. The second-order valence-corrected chi connectivity index (χ2v) is 2.60. The largest absolute Gasteiger partial charge is 0.377 e. The summed E-state index contributed by atoms with van der Waals surface area (Å²) in [6.07, 6.45) is 10.7. The van der Waals surface area contributed by atoms with Crippen LogP contribution >= 0.6 is 0 Å². The molecule has 0 aromatic rings. The van der Waals surface area contributed by atoms with Gasteiger partial charge in [-0.05, 0) is 25.3 Å². The number of nitrogens with zero attached hydrogens (tertiary/aromatic N) is 1. The lowest BCUT2D eigenvalue weighted by atomic mass is 10.1. The summed E-state index contributed by atoms with van der Waals surface area (Å²) in [5, 5.41) is 0.